The second kappa shape index (κ2) is 12.4. The molecule has 3 rings (SSSR count). The molecule has 1 aliphatic carbocycles. The standard InChI is InChI=1S/C26H35BrN4O4/c1-26(2,34)17-29-12-11-23(28)30-25(33)22(13-18-7-4-3-5-8-18)31-16-21(15-24(31)32)35-20-10-6-9-19(27)14-20/h6,9-12,14-15,18,22,29,34H,3-5,7-8,13,16-17H2,1-2H3,(H2,28,30,33)/b12-11-/t22-/m0/s1. The van der Waals surface area contributed by atoms with Crippen LogP contribution < -0.4 is 15.4 Å². The summed E-state index contributed by atoms with van der Waals surface area (Å²) in [7, 11) is 0. The normalized spacial score (nSPS) is 17.9. The summed E-state index contributed by atoms with van der Waals surface area (Å²) < 4.78 is 6.78. The molecule has 0 bridgehead atoms. The molecule has 0 saturated heterocycles. The molecule has 2 aliphatic rings. The number of carbonyl (C=O) groups excluding carboxylic acids is 2. The summed E-state index contributed by atoms with van der Waals surface area (Å²) in [4.78, 5) is 27.7. The fraction of sp³-hybridized carbons (Fsp3) is 0.500. The van der Waals surface area contributed by atoms with Crippen LogP contribution >= 0.6 is 15.9 Å². The minimum absolute atomic E-state index is 0.0860. The van der Waals surface area contributed by atoms with E-state index in [0.29, 0.717) is 30.4 Å². The monoisotopic (exact) mass is 546 g/mol. The minimum Gasteiger partial charge on any atom is -0.460 e. The third-order valence-corrected chi connectivity index (χ3v) is 6.55. The van der Waals surface area contributed by atoms with E-state index >= 15 is 0 Å². The highest BCUT2D eigenvalue weighted by atomic mass is 79.9. The van der Waals surface area contributed by atoms with Gasteiger partial charge in [0.25, 0.3) is 5.91 Å². The molecule has 35 heavy (non-hydrogen) atoms. The van der Waals surface area contributed by atoms with Crippen molar-refractivity contribution in [2.75, 3.05) is 13.1 Å². The Morgan fingerprint density at radius 2 is 2.09 bits per heavy atom. The molecule has 0 radical (unpaired) electrons. The largest absolute Gasteiger partial charge is 0.460 e. The van der Waals surface area contributed by atoms with Crippen molar-refractivity contribution >= 4 is 33.6 Å². The van der Waals surface area contributed by atoms with E-state index in [4.69, 9.17) is 10.1 Å². The van der Waals surface area contributed by atoms with Gasteiger partial charge < -0.3 is 25.4 Å². The van der Waals surface area contributed by atoms with Gasteiger partial charge in [-0.1, -0.05) is 54.1 Å². The molecule has 0 spiro atoms. The summed E-state index contributed by atoms with van der Waals surface area (Å²) in [6, 6.07) is 6.68. The van der Waals surface area contributed by atoms with Crippen LogP contribution in [-0.2, 0) is 9.59 Å². The molecule has 1 aromatic rings. The predicted octanol–water partition coefficient (Wildman–Crippen LogP) is 3.86. The van der Waals surface area contributed by atoms with Crippen molar-refractivity contribution in [3.05, 3.63) is 52.8 Å². The molecule has 1 aliphatic heterocycles. The highest BCUT2D eigenvalue weighted by Gasteiger charge is 2.36. The van der Waals surface area contributed by atoms with E-state index in [2.05, 4.69) is 26.6 Å². The van der Waals surface area contributed by atoms with Crippen molar-refractivity contribution in [2.24, 2.45) is 5.92 Å². The maximum atomic E-state index is 13.3. The van der Waals surface area contributed by atoms with Crippen LogP contribution in [0.4, 0.5) is 0 Å². The summed E-state index contributed by atoms with van der Waals surface area (Å²) >= 11 is 3.42. The summed E-state index contributed by atoms with van der Waals surface area (Å²) in [6.07, 6.45) is 10.5. The fourth-order valence-corrected chi connectivity index (χ4v) is 4.72. The molecule has 0 aromatic heterocycles. The number of ether oxygens (including phenoxy) is 1. The van der Waals surface area contributed by atoms with Crippen molar-refractivity contribution in [1.29, 1.82) is 5.41 Å². The average molecular weight is 547 g/mol. The number of halogens is 1. The van der Waals surface area contributed by atoms with Crippen molar-refractivity contribution in [2.45, 2.75) is 64.0 Å². The van der Waals surface area contributed by atoms with Gasteiger partial charge in [-0.3, -0.25) is 15.0 Å². The summed E-state index contributed by atoms with van der Waals surface area (Å²) in [5, 5.41) is 23.4. The lowest BCUT2D eigenvalue weighted by atomic mass is 9.84. The quantitative estimate of drug-likeness (QED) is 0.263. The number of rotatable bonds is 10. The topological polar surface area (TPSA) is 115 Å². The van der Waals surface area contributed by atoms with Gasteiger partial charge in [0.1, 0.15) is 23.4 Å². The van der Waals surface area contributed by atoms with Gasteiger partial charge in [-0.05, 0) is 50.5 Å². The maximum Gasteiger partial charge on any atom is 0.251 e. The third-order valence-electron chi connectivity index (χ3n) is 6.06. The molecule has 1 aromatic carbocycles. The van der Waals surface area contributed by atoms with Gasteiger partial charge in [0, 0.05) is 23.3 Å². The Balaban J connectivity index is 1.66. The van der Waals surface area contributed by atoms with E-state index in [-0.39, 0.29) is 24.2 Å². The van der Waals surface area contributed by atoms with Crippen LogP contribution in [0.15, 0.2) is 52.8 Å². The average Bonchev–Trinajstić information content (AvgIpc) is 3.14. The lowest BCUT2D eigenvalue weighted by Crippen LogP contribution is -2.50. The highest BCUT2D eigenvalue weighted by molar-refractivity contribution is 9.10. The van der Waals surface area contributed by atoms with Crippen molar-refractivity contribution < 1.29 is 19.4 Å². The smallest absolute Gasteiger partial charge is 0.251 e. The van der Waals surface area contributed by atoms with Crippen LogP contribution in [0.2, 0.25) is 0 Å². The maximum absolute atomic E-state index is 13.3. The SMILES string of the molecule is CC(C)(O)CN/C=C\C(=N)NC(=O)[C@H](CC1CCCCC1)N1CC(Oc2cccc(Br)c2)=CC1=O. The second-order valence-electron chi connectivity index (χ2n) is 9.82. The van der Waals surface area contributed by atoms with Gasteiger partial charge in [0.2, 0.25) is 5.91 Å². The third kappa shape index (κ3) is 8.81. The number of hydrogen-bond acceptors (Lipinski definition) is 6. The zero-order chi connectivity index (χ0) is 25.4. The van der Waals surface area contributed by atoms with Crippen molar-refractivity contribution in [3.8, 4) is 5.75 Å². The Morgan fingerprint density at radius 1 is 1.34 bits per heavy atom. The van der Waals surface area contributed by atoms with E-state index in [1.807, 2.05) is 24.3 Å². The van der Waals surface area contributed by atoms with Gasteiger partial charge >= 0.3 is 0 Å². The first-order valence-corrected chi connectivity index (χ1v) is 12.9. The Kier molecular flexibility index (Phi) is 9.51. The number of hydrogen-bond donors (Lipinski definition) is 4. The van der Waals surface area contributed by atoms with Crippen LogP contribution in [-0.4, -0.2) is 52.4 Å². The molecule has 190 valence electrons. The molecule has 1 atom stereocenters. The number of nitrogens with zero attached hydrogens (tertiary/aromatic N) is 1. The van der Waals surface area contributed by atoms with Crippen LogP contribution in [0.5, 0.6) is 5.75 Å². The predicted molar refractivity (Wildman–Crippen MR) is 139 cm³/mol. The zero-order valence-electron chi connectivity index (χ0n) is 20.4. The number of amides is 2. The van der Waals surface area contributed by atoms with Gasteiger partial charge in [-0.2, -0.15) is 0 Å². The molecule has 0 unspecified atom stereocenters. The Hall–Kier alpha value is -2.65. The first-order valence-electron chi connectivity index (χ1n) is 12.1. The Bertz CT molecular complexity index is 980. The number of nitrogens with one attached hydrogen (secondary N) is 3. The first kappa shape index (κ1) is 26.9. The summed E-state index contributed by atoms with van der Waals surface area (Å²) in [6.45, 7) is 3.86. The van der Waals surface area contributed by atoms with Gasteiger partial charge in [-0.15, -0.1) is 0 Å². The first-order chi connectivity index (χ1) is 16.6. The number of amidine groups is 1. The van der Waals surface area contributed by atoms with Crippen molar-refractivity contribution in [1.82, 2.24) is 15.5 Å². The van der Waals surface area contributed by atoms with Crippen LogP contribution in [0.25, 0.3) is 0 Å². The lowest BCUT2D eigenvalue weighted by molar-refractivity contribution is -0.135. The molecule has 8 nitrogen and oxygen atoms in total. The molecular weight excluding hydrogens is 512 g/mol. The number of aliphatic hydroxyl groups is 1. The van der Waals surface area contributed by atoms with Crippen LogP contribution in [0, 0.1) is 11.3 Å². The molecule has 1 saturated carbocycles. The van der Waals surface area contributed by atoms with E-state index < -0.39 is 11.6 Å². The zero-order valence-corrected chi connectivity index (χ0v) is 21.9. The van der Waals surface area contributed by atoms with Crippen molar-refractivity contribution in [3.63, 3.8) is 0 Å². The van der Waals surface area contributed by atoms with Gasteiger partial charge in [0.15, 0.2) is 0 Å². The number of benzene rings is 1. The molecule has 1 heterocycles. The molecule has 4 N–H and O–H groups in total. The molecule has 2 amide bonds. The van der Waals surface area contributed by atoms with E-state index in [0.717, 1.165) is 30.2 Å². The van der Waals surface area contributed by atoms with E-state index in [1.165, 1.54) is 24.8 Å². The molecule has 9 heteroatoms. The van der Waals surface area contributed by atoms with E-state index in [9.17, 15) is 14.7 Å². The fourth-order valence-electron chi connectivity index (χ4n) is 4.34. The van der Waals surface area contributed by atoms with Gasteiger partial charge in [-0.25, -0.2) is 0 Å². The summed E-state index contributed by atoms with van der Waals surface area (Å²) in [5.74, 6) is 0.732. The van der Waals surface area contributed by atoms with Crippen LogP contribution in [0.1, 0.15) is 52.4 Å². The number of carbonyl (C=O) groups is 2. The highest BCUT2D eigenvalue weighted by Crippen LogP contribution is 2.30. The molecule has 1 fully saturated rings. The Morgan fingerprint density at radius 3 is 2.77 bits per heavy atom. The van der Waals surface area contributed by atoms with Gasteiger partial charge in [0.05, 0.1) is 12.1 Å². The lowest BCUT2D eigenvalue weighted by Gasteiger charge is -2.31. The Labute approximate surface area is 215 Å². The van der Waals surface area contributed by atoms with E-state index in [1.54, 1.807) is 18.7 Å². The summed E-state index contributed by atoms with van der Waals surface area (Å²) in [5.41, 5.74) is -0.889. The second-order valence-corrected chi connectivity index (χ2v) is 10.7. The van der Waals surface area contributed by atoms with Crippen LogP contribution in [0.3, 0.4) is 0 Å². The minimum atomic E-state index is -0.889. The molecular formula is C26H35BrN4O4.